The van der Waals surface area contributed by atoms with E-state index in [1.165, 1.54) is 0 Å². The molecular formula is C16H14BrNO2S. The molecule has 1 atom stereocenters. The van der Waals surface area contributed by atoms with Gasteiger partial charge in [0.15, 0.2) is 0 Å². The molecule has 0 radical (unpaired) electrons. The number of hydrogen-bond donors (Lipinski definition) is 0. The van der Waals surface area contributed by atoms with E-state index in [1.54, 1.807) is 0 Å². The number of halogens is 1. The summed E-state index contributed by atoms with van der Waals surface area (Å²) in [4.78, 5) is 0.783. The number of nitrogens with zero attached hydrogens (tertiary/aromatic N) is 1. The average molecular weight is 364 g/mol. The highest BCUT2D eigenvalue weighted by Crippen LogP contribution is 2.20. The van der Waals surface area contributed by atoms with Gasteiger partial charge < -0.3 is 4.74 Å². The molecule has 0 saturated heterocycles. The van der Waals surface area contributed by atoms with Crippen molar-refractivity contribution in [3.63, 3.8) is 0 Å². The lowest BCUT2D eigenvalue weighted by Crippen LogP contribution is -2.09. The van der Waals surface area contributed by atoms with E-state index in [2.05, 4.69) is 22.0 Å². The smallest absolute Gasteiger partial charge is 0.119 e. The van der Waals surface area contributed by atoms with Crippen LogP contribution in [0.4, 0.5) is 0 Å². The minimum atomic E-state index is -1.09. The summed E-state index contributed by atoms with van der Waals surface area (Å²) in [5.41, 5.74) is 0.960. The van der Waals surface area contributed by atoms with E-state index in [9.17, 15) is 4.21 Å². The van der Waals surface area contributed by atoms with Gasteiger partial charge in [0.2, 0.25) is 0 Å². The van der Waals surface area contributed by atoms with E-state index in [1.807, 2.05) is 48.5 Å². The van der Waals surface area contributed by atoms with Crippen molar-refractivity contribution in [1.29, 1.82) is 5.26 Å². The molecule has 5 heteroatoms. The molecule has 0 amide bonds. The van der Waals surface area contributed by atoms with Gasteiger partial charge in [-0.25, -0.2) is 0 Å². The predicted molar refractivity (Wildman–Crippen MR) is 86.7 cm³/mol. The standard InChI is InChI=1S/C16H14BrNO2S/c17-15-3-1-2-4-16(15)21(19)12-11-20-14-7-5-13(6-8-14)9-10-18/h1-8H,9,11-12H2. The maximum absolute atomic E-state index is 12.2. The van der Waals surface area contributed by atoms with Gasteiger partial charge in [-0.2, -0.15) is 5.26 Å². The molecule has 0 aliphatic heterocycles. The van der Waals surface area contributed by atoms with Crippen LogP contribution in [0.25, 0.3) is 0 Å². The second-order valence-corrected chi connectivity index (χ2v) is 6.70. The molecule has 21 heavy (non-hydrogen) atoms. The van der Waals surface area contributed by atoms with Crippen molar-refractivity contribution in [3.8, 4) is 11.8 Å². The summed E-state index contributed by atoms with van der Waals surface area (Å²) in [6.45, 7) is 0.380. The molecule has 0 aliphatic carbocycles. The molecule has 0 aromatic heterocycles. The zero-order valence-electron chi connectivity index (χ0n) is 11.3. The largest absolute Gasteiger partial charge is 0.493 e. The minimum Gasteiger partial charge on any atom is -0.493 e. The van der Waals surface area contributed by atoms with Crippen LogP contribution in [-0.2, 0) is 17.2 Å². The third kappa shape index (κ3) is 4.69. The van der Waals surface area contributed by atoms with Gasteiger partial charge in [0.1, 0.15) is 12.4 Å². The number of benzene rings is 2. The molecule has 0 bridgehead atoms. The lowest BCUT2D eigenvalue weighted by Gasteiger charge is -2.07. The molecule has 108 valence electrons. The first-order chi connectivity index (χ1) is 10.2. The Balaban J connectivity index is 1.85. The highest BCUT2D eigenvalue weighted by atomic mass is 79.9. The summed E-state index contributed by atoms with van der Waals surface area (Å²) in [5, 5.41) is 8.60. The SMILES string of the molecule is N#CCc1ccc(OCCS(=O)c2ccccc2Br)cc1. The summed E-state index contributed by atoms with van der Waals surface area (Å²) in [6.07, 6.45) is 0.395. The van der Waals surface area contributed by atoms with Crippen LogP contribution in [0, 0.1) is 11.3 Å². The molecule has 2 aromatic rings. The van der Waals surface area contributed by atoms with E-state index < -0.39 is 10.8 Å². The Kier molecular flexibility index (Phi) is 5.97. The lowest BCUT2D eigenvalue weighted by molar-refractivity contribution is 0.342. The number of ether oxygens (including phenoxy) is 1. The Hall–Kier alpha value is -1.64. The van der Waals surface area contributed by atoms with Crippen molar-refractivity contribution in [2.24, 2.45) is 0 Å². The van der Waals surface area contributed by atoms with Crippen LogP contribution >= 0.6 is 15.9 Å². The van der Waals surface area contributed by atoms with Gasteiger partial charge in [0, 0.05) is 4.47 Å². The van der Waals surface area contributed by atoms with Crippen LogP contribution in [-0.4, -0.2) is 16.6 Å². The molecular weight excluding hydrogens is 350 g/mol. The van der Waals surface area contributed by atoms with Crippen LogP contribution in [0.15, 0.2) is 57.9 Å². The van der Waals surface area contributed by atoms with Gasteiger partial charge in [0.25, 0.3) is 0 Å². The maximum Gasteiger partial charge on any atom is 0.119 e. The fraction of sp³-hybridized carbons (Fsp3) is 0.188. The zero-order valence-corrected chi connectivity index (χ0v) is 13.7. The van der Waals surface area contributed by atoms with Gasteiger partial charge in [-0.15, -0.1) is 0 Å². The molecule has 2 aromatic carbocycles. The first kappa shape index (κ1) is 15.7. The molecule has 0 heterocycles. The molecule has 2 rings (SSSR count). The van der Waals surface area contributed by atoms with E-state index in [0.29, 0.717) is 18.8 Å². The van der Waals surface area contributed by atoms with Crippen LogP contribution in [0.1, 0.15) is 5.56 Å². The first-order valence-corrected chi connectivity index (χ1v) is 8.53. The lowest BCUT2D eigenvalue weighted by atomic mass is 10.2. The van der Waals surface area contributed by atoms with Crippen molar-refractivity contribution >= 4 is 26.7 Å². The van der Waals surface area contributed by atoms with E-state index in [4.69, 9.17) is 10.00 Å². The first-order valence-electron chi connectivity index (χ1n) is 6.42. The quantitative estimate of drug-likeness (QED) is 0.785. The Labute approximate surface area is 135 Å². The Morgan fingerprint density at radius 3 is 2.52 bits per heavy atom. The summed E-state index contributed by atoms with van der Waals surface area (Å²) < 4.78 is 18.6. The molecule has 1 unspecified atom stereocenters. The Morgan fingerprint density at radius 1 is 1.14 bits per heavy atom. The molecule has 0 fully saturated rings. The predicted octanol–water partition coefficient (Wildman–Crippen LogP) is 3.70. The average Bonchev–Trinajstić information content (AvgIpc) is 2.49. The van der Waals surface area contributed by atoms with Gasteiger partial charge in [-0.1, -0.05) is 24.3 Å². The van der Waals surface area contributed by atoms with Crippen LogP contribution in [0.3, 0.4) is 0 Å². The number of hydrogen-bond acceptors (Lipinski definition) is 3. The molecule has 3 nitrogen and oxygen atoms in total. The topological polar surface area (TPSA) is 50.1 Å². The van der Waals surface area contributed by atoms with E-state index in [0.717, 1.165) is 20.7 Å². The van der Waals surface area contributed by atoms with Crippen LogP contribution < -0.4 is 4.74 Å². The fourth-order valence-electron chi connectivity index (χ4n) is 1.77. The van der Waals surface area contributed by atoms with Crippen LogP contribution in [0.2, 0.25) is 0 Å². The van der Waals surface area contributed by atoms with Crippen molar-refractivity contribution in [1.82, 2.24) is 0 Å². The summed E-state index contributed by atoms with van der Waals surface area (Å²) in [7, 11) is -1.09. The second-order valence-electron chi connectivity index (χ2n) is 4.31. The van der Waals surface area contributed by atoms with Crippen molar-refractivity contribution in [2.75, 3.05) is 12.4 Å². The third-order valence-corrected chi connectivity index (χ3v) is 5.16. The molecule has 0 aliphatic rings. The van der Waals surface area contributed by atoms with Gasteiger partial charge in [-0.3, -0.25) is 4.21 Å². The van der Waals surface area contributed by atoms with Gasteiger partial charge in [0.05, 0.1) is 33.9 Å². The highest BCUT2D eigenvalue weighted by Gasteiger charge is 2.07. The number of nitriles is 1. The number of rotatable bonds is 6. The van der Waals surface area contributed by atoms with E-state index in [-0.39, 0.29) is 0 Å². The van der Waals surface area contributed by atoms with E-state index >= 15 is 0 Å². The van der Waals surface area contributed by atoms with Gasteiger partial charge in [-0.05, 0) is 45.8 Å². The summed E-state index contributed by atoms with van der Waals surface area (Å²) >= 11 is 3.40. The van der Waals surface area contributed by atoms with Crippen molar-refractivity contribution in [3.05, 3.63) is 58.6 Å². The van der Waals surface area contributed by atoms with Crippen molar-refractivity contribution < 1.29 is 8.95 Å². The Bertz CT molecular complexity index is 665. The monoisotopic (exact) mass is 363 g/mol. The second kappa shape index (κ2) is 7.96. The molecule has 0 saturated carbocycles. The maximum atomic E-state index is 12.2. The highest BCUT2D eigenvalue weighted by molar-refractivity contribution is 9.10. The zero-order chi connectivity index (χ0) is 15.1. The Morgan fingerprint density at radius 2 is 1.86 bits per heavy atom. The third-order valence-electron chi connectivity index (χ3n) is 2.83. The summed E-state index contributed by atoms with van der Waals surface area (Å²) in [6, 6.07) is 17.0. The van der Waals surface area contributed by atoms with Crippen LogP contribution in [0.5, 0.6) is 5.75 Å². The van der Waals surface area contributed by atoms with Crippen molar-refractivity contribution in [2.45, 2.75) is 11.3 Å². The molecule has 0 N–H and O–H groups in total. The fourth-order valence-corrected chi connectivity index (χ4v) is 3.57. The minimum absolute atomic E-state index is 0.380. The normalized spacial score (nSPS) is 11.6. The molecule has 0 spiro atoms. The summed E-state index contributed by atoms with van der Waals surface area (Å²) in [5.74, 6) is 1.16. The van der Waals surface area contributed by atoms with Gasteiger partial charge >= 0.3 is 0 Å².